The maximum Gasteiger partial charge on any atom is 0.347 e. The molecule has 0 aliphatic carbocycles. The van der Waals surface area contributed by atoms with Crippen molar-refractivity contribution >= 4 is 41.4 Å². The number of esters is 2. The van der Waals surface area contributed by atoms with Crippen LogP contribution in [0.5, 0.6) is 5.75 Å². The van der Waals surface area contributed by atoms with Crippen LogP contribution in [-0.2, 0) is 35.1 Å². The van der Waals surface area contributed by atoms with E-state index in [0.717, 1.165) is 5.56 Å². The summed E-state index contributed by atoms with van der Waals surface area (Å²) in [7, 11) is 1.50. The molecule has 0 saturated carbocycles. The maximum absolute atomic E-state index is 13.3. The van der Waals surface area contributed by atoms with Gasteiger partial charge < -0.3 is 24.8 Å². The van der Waals surface area contributed by atoms with Crippen LogP contribution in [0.15, 0.2) is 66.8 Å². The van der Waals surface area contributed by atoms with Gasteiger partial charge in [0.1, 0.15) is 17.9 Å². The van der Waals surface area contributed by atoms with Gasteiger partial charge in [-0.2, -0.15) is 0 Å². The fourth-order valence-corrected chi connectivity index (χ4v) is 4.89. The van der Waals surface area contributed by atoms with E-state index in [0.29, 0.717) is 16.3 Å². The third-order valence-electron chi connectivity index (χ3n) is 7.02. The van der Waals surface area contributed by atoms with E-state index in [1.165, 1.54) is 13.2 Å². The lowest BCUT2D eigenvalue weighted by atomic mass is 9.99. The van der Waals surface area contributed by atoms with Crippen LogP contribution < -0.4 is 15.4 Å². The predicted octanol–water partition coefficient (Wildman–Crippen LogP) is 5.06. The van der Waals surface area contributed by atoms with Crippen LogP contribution in [0.2, 0.25) is 5.02 Å². The van der Waals surface area contributed by atoms with Crippen LogP contribution in [0.4, 0.5) is 0 Å². The van der Waals surface area contributed by atoms with E-state index in [2.05, 4.69) is 10.6 Å². The standard InChI is InChI=1S/C34H41ClN2O7/c1-22(2)19-30-34(41)44-28(23(3)13-14-24-9-6-5-7-10-24)11-8-12-31(38)37-27(33(40)36-18-17-32(39)43-30)21-25-15-16-29(42-4)26(35)20-25/h5-10,12-16,20,22-23,27-28,30H,11,17-19,21H2,1-4H3,(H,36,40)(H,37,38)/t23-,27-,28?,30+/m1/s1. The van der Waals surface area contributed by atoms with Gasteiger partial charge in [-0.1, -0.05) is 87.0 Å². The zero-order valence-corrected chi connectivity index (χ0v) is 26.3. The molecule has 9 nitrogen and oxygen atoms in total. The molecule has 0 saturated heterocycles. The Morgan fingerprint density at radius 3 is 2.48 bits per heavy atom. The molecule has 4 atom stereocenters. The second-order valence-corrected chi connectivity index (χ2v) is 11.5. The lowest BCUT2D eigenvalue weighted by molar-refractivity contribution is -0.173. The number of methoxy groups -OCH3 is 1. The molecule has 0 radical (unpaired) electrons. The smallest absolute Gasteiger partial charge is 0.347 e. The average molecular weight is 625 g/mol. The van der Waals surface area contributed by atoms with Crippen molar-refractivity contribution in [3.8, 4) is 5.75 Å². The largest absolute Gasteiger partial charge is 0.495 e. The molecule has 0 aromatic heterocycles. The van der Waals surface area contributed by atoms with Crippen molar-refractivity contribution in [1.82, 2.24) is 10.6 Å². The van der Waals surface area contributed by atoms with Crippen molar-refractivity contribution in [1.29, 1.82) is 0 Å². The summed E-state index contributed by atoms with van der Waals surface area (Å²) in [5.41, 5.74) is 1.69. The first-order valence-electron chi connectivity index (χ1n) is 14.8. The zero-order valence-electron chi connectivity index (χ0n) is 25.6. The van der Waals surface area contributed by atoms with Gasteiger partial charge in [-0.25, -0.2) is 4.79 Å². The van der Waals surface area contributed by atoms with Crippen molar-refractivity contribution in [2.24, 2.45) is 11.8 Å². The van der Waals surface area contributed by atoms with E-state index in [-0.39, 0.29) is 44.1 Å². The van der Waals surface area contributed by atoms with Gasteiger partial charge in [-0.15, -0.1) is 0 Å². The number of cyclic esters (lactones) is 2. The monoisotopic (exact) mass is 624 g/mol. The fourth-order valence-electron chi connectivity index (χ4n) is 4.61. The summed E-state index contributed by atoms with van der Waals surface area (Å²) in [5, 5.41) is 5.79. The first-order valence-corrected chi connectivity index (χ1v) is 15.1. The molecule has 2 aromatic rings. The van der Waals surface area contributed by atoms with Gasteiger partial charge in [0.2, 0.25) is 11.8 Å². The Kier molecular flexibility index (Phi) is 13.5. The van der Waals surface area contributed by atoms with Gasteiger partial charge >= 0.3 is 11.9 Å². The molecule has 236 valence electrons. The maximum atomic E-state index is 13.3. The first kappa shape index (κ1) is 34.4. The fraction of sp³-hybridized carbons (Fsp3) is 0.412. The predicted molar refractivity (Wildman–Crippen MR) is 169 cm³/mol. The molecule has 44 heavy (non-hydrogen) atoms. The molecule has 2 amide bonds. The summed E-state index contributed by atoms with van der Waals surface area (Å²) in [6.45, 7) is 5.70. The highest BCUT2D eigenvalue weighted by Crippen LogP contribution is 2.25. The summed E-state index contributed by atoms with van der Waals surface area (Å²) < 4.78 is 16.6. The van der Waals surface area contributed by atoms with E-state index in [9.17, 15) is 19.2 Å². The van der Waals surface area contributed by atoms with Crippen molar-refractivity contribution < 1.29 is 33.4 Å². The molecule has 1 aliphatic heterocycles. The Balaban J connectivity index is 1.86. The SMILES string of the molecule is COc1ccc(C[C@H]2NC(=O)C=CCC([C@H](C)C=Cc3ccccc3)OC(=O)[C@H](CC(C)C)OC(=O)CCNC2=O)cc1Cl. The number of carbonyl (C=O) groups is 4. The minimum absolute atomic E-state index is 0.0450. The van der Waals surface area contributed by atoms with E-state index < -0.39 is 42.0 Å². The van der Waals surface area contributed by atoms with E-state index >= 15 is 0 Å². The van der Waals surface area contributed by atoms with Crippen LogP contribution in [0.3, 0.4) is 0 Å². The minimum atomic E-state index is -1.10. The highest BCUT2D eigenvalue weighted by Gasteiger charge is 2.30. The molecule has 3 rings (SSSR count). The highest BCUT2D eigenvalue weighted by atomic mass is 35.5. The number of carbonyl (C=O) groups excluding carboxylic acids is 4. The Labute approximate surface area is 264 Å². The molecule has 0 bridgehead atoms. The summed E-state index contributed by atoms with van der Waals surface area (Å²) in [4.78, 5) is 52.0. The normalized spacial score (nSPS) is 21.4. The van der Waals surface area contributed by atoms with E-state index in [4.69, 9.17) is 25.8 Å². The first-order chi connectivity index (χ1) is 21.0. The lowest BCUT2D eigenvalue weighted by Gasteiger charge is -2.25. The number of hydrogen-bond acceptors (Lipinski definition) is 7. The molecule has 0 spiro atoms. The van der Waals surface area contributed by atoms with Crippen LogP contribution in [0.1, 0.15) is 51.2 Å². The molecule has 2 aromatic carbocycles. The zero-order chi connectivity index (χ0) is 32.1. The molecule has 10 heteroatoms. The Bertz CT molecular complexity index is 1340. The van der Waals surface area contributed by atoms with E-state index in [1.54, 1.807) is 24.3 Å². The minimum Gasteiger partial charge on any atom is -0.495 e. The Hall–Kier alpha value is -4.11. The van der Waals surface area contributed by atoms with Gasteiger partial charge in [0.05, 0.1) is 18.6 Å². The summed E-state index contributed by atoms with van der Waals surface area (Å²) in [5.74, 6) is -1.96. The lowest BCUT2D eigenvalue weighted by Crippen LogP contribution is -2.48. The van der Waals surface area contributed by atoms with Crippen molar-refractivity contribution in [2.45, 2.75) is 64.7 Å². The number of hydrogen-bond donors (Lipinski definition) is 2. The van der Waals surface area contributed by atoms with Gasteiger partial charge in [0, 0.05) is 25.3 Å². The number of nitrogens with one attached hydrogen (secondary N) is 2. The van der Waals surface area contributed by atoms with Crippen molar-refractivity contribution in [3.05, 3.63) is 82.9 Å². The number of benzene rings is 2. The summed E-state index contributed by atoms with van der Waals surface area (Å²) in [6.07, 6.45) is 5.54. The molecule has 1 unspecified atom stereocenters. The van der Waals surface area contributed by atoms with Gasteiger partial charge in [0.15, 0.2) is 6.10 Å². The van der Waals surface area contributed by atoms with Crippen molar-refractivity contribution in [3.63, 3.8) is 0 Å². The number of rotatable bonds is 8. The Morgan fingerprint density at radius 2 is 1.80 bits per heavy atom. The number of amides is 2. The number of ether oxygens (including phenoxy) is 3. The van der Waals surface area contributed by atoms with Crippen LogP contribution in [0, 0.1) is 11.8 Å². The van der Waals surface area contributed by atoms with Gasteiger partial charge in [-0.05, 0) is 41.7 Å². The highest BCUT2D eigenvalue weighted by molar-refractivity contribution is 6.32. The summed E-state index contributed by atoms with van der Waals surface area (Å²) in [6, 6.07) is 13.9. The molecule has 1 aliphatic rings. The average Bonchev–Trinajstić information content (AvgIpc) is 2.98. The van der Waals surface area contributed by atoms with Crippen LogP contribution in [0.25, 0.3) is 6.08 Å². The molecular weight excluding hydrogens is 584 g/mol. The summed E-state index contributed by atoms with van der Waals surface area (Å²) >= 11 is 6.27. The topological polar surface area (TPSA) is 120 Å². The molecular formula is C34H41ClN2O7. The Morgan fingerprint density at radius 1 is 1.05 bits per heavy atom. The molecule has 1 heterocycles. The third kappa shape index (κ3) is 11.2. The van der Waals surface area contributed by atoms with E-state index in [1.807, 2.05) is 63.3 Å². The third-order valence-corrected chi connectivity index (χ3v) is 7.32. The second-order valence-electron chi connectivity index (χ2n) is 11.1. The van der Waals surface area contributed by atoms with Crippen LogP contribution >= 0.6 is 11.6 Å². The second kappa shape index (κ2) is 17.3. The molecule has 2 N–H and O–H groups in total. The van der Waals surface area contributed by atoms with Gasteiger partial charge in [0.25, 0.3) is 0 Å². The van der Waals surface area contributed by atoms with Crippen LogP contribution in [-0.4, -0.2) is 55.7 Å². The quantitative estimate of drug-likeness (QED) is 0.394. The molecule has 0 fully saturated rings. The van der Waals surface area contributed by atoms with Crippen molar-refractivity contribution in [2.75, 3.05) is 13.7 Å². The van der Waals surface area contributed by atoms with Gasteiger partial charge in [-0.3, -0.25) is 14.4 Å². The number of halogens is 1.